The average Bonchev–Trinajstić information content (AvgIpc) is 3.00. The van der Waals surface area contributed by atoms with Gasteiger partial charge in [-0.2, -0.15) is 5.10 Å². The van der Waals surface area contributed by atoms with E-state index in [1.807, 2.05) is 0 Å². The molecule has 0 unspecified atom stereocenters. The van der Waals surface area contributed by atoms with Gasteiger partial charge in [0.2, 0.25) is 0 Å². The summed E-state index contributed by atoms with van der Waals surface area (Å²) in [5, 5.41) is 7.80. The largest absolute Gasteiger partial charge is 0.307 e. The van der Waals surface area contributed by atoms with Crippen LogP contribution in [0.3, 0.4) is 0 Å². The van der Waals surface area contributed by atoms with Crippen LogP contribution in [-0.4, -0.2) is 35.6 Å². The summed E-state index contributed by atoms with van der Waals surface area (Å²) in [6.45, 7) is 1.78. The van der Waals surface area contributed by atoms with E-state index < -0.39 is 9.84 Å². The number of anilines is 1. The molecule has 2 heterocycles. The normalized spacial score (nSPS) is 19.4. The van der Waals surface area contributed by atoms with E-state index in [0.717, 1.165) is 0 Å². The number of nitrogens with zero attached hydrogens (tertiary/aromatic N) is 2. The Bertz CT molecular complexity index is 888. The van der Waals surface area contributed by atoms with Crippen LogP contribution in [0.25, 0.3) is 0 Å². The van der Waals surface area contributed by atoms with Gasteiger partial charge in [-0.1, -0.05) is 23.2 Å². The molecule has 1 aromatic heterocycles. The topological polar surface area (TPSA) is 81.1 Å². The Morgan fingerprint density at radius 1 is 1.25 bits per heavy atom. The van der Waals surface area contributed by atoms with Crippen molar-refractivity contribution in [1.29, 1.82) is 0 Å². The Labute approximate surface area is 149 Å². The van der Waals surface area contributed by atoms with Gasteiger partial charge in [-0.05, 0) is 31.5 Å². The number of benzene rings is 1. The average molecular weight is 388 g/mol. The molecule has 1 amide bonds. The van der Waals surface area contributed by atoms with Crippen LogP contribution in [0.2, 0.25) is 10.0 Å². The molecule has 1 aliphatic rings. The molecule has 9 heteroatoms. The molecule has 0 aliphatic carbocycles. The van der Waals surface area contributed by atoms with Crippen molar-refractivity contribution >= 4 is 44.8 Å². The highest BCUT2D eigenvalue weighted by atomic mass is 35.5. The van der Waals surface area contributed by atoms with Crippen molar-refractivity contribution in [3.63, 3.8) is 0 Å². The Morgan fingerprint density at radius 3 is 2.50 bits per heavy atom. The zero-order valence-electron chi connectivity index (χ0n) is 12.8. The van der Waals surface area contributed by atoms with E-state index in [0.29, 0.717) is 33.5 Å². The fourth-order valence-electron chi connectivity index (χ4n) is 2.73. The minimum Gasteiger partial charge on any atom is -0.307 e. The van der Waals surface area contributed by atoms with Crippen molar-refractivity contribution in [3.8, 4) is 0 Å². The summed E-state index contributed by atoms with van der Waals surface area (Å²) in [5.41, 5.74) is 1.01. The minimum atomic E-state index is -3.05. The van der Waals surface area contributed by atoms with Crippen molar-refractivity contribution in [1.82, 2.24) is 9.78 Å². The predicted octanol–water partition coefficient (Wildman–Crippen LogP) is 3.11. The van der Waals surface area contributed by atoms with Gasteiger partial charge in [0.05, 0.1) is 23.2 Å². The SMILES string of the molecule is Cc1cc(NC(=O)c2cc(Cl)cc(Cl)c2)n([C@@H]2CCS(=O)(=O)C2)n1. The number of sulfone groups is 1. The molecule has 1 aliphatic heterocycles. The molecule has 2 aromatic rings. The van der Waals surface area contributed by atoms with Crippen LogP contribution >= 0.6 is 23.2 Å². The lowest BCUT2D eigenvalue weighted by Gasteiger charge is -2.14. The number of hydrogen-bond acceptors (Lipinski definition) is 4. The van der Waals surface area contributed by atoms with E-state index in [1.54, 1.807) is 17.7 Å². The standard InChI is InChI=1S/C15H15Cl2N3O3S/c1-9-4-14(20(19-9)13-2-3-24(22,23)8-13)18-15(21)10-5-11(16)7-12(17)6-10/h4-7,13H,2-3,8H2,1H3,(H,18,21)/t13-/m1/s1. The van der Waals surface area contributed by atoms with Gasteiger partial charge in [0.25, 0.3) is 5.91 Å². The number of aromatic nitrogens is 2. The summed E-state index contributed by atoms with van der Waals surface area (Å²) in [7, 11) is -3.05. The Kier molecular flexibility index (Phi) is 4.59. The second-order valence-corrected chi connectivity index (χ2v) is 8.89. The van der Waals surface area contributed by atoms with Gasteiger partial charge in [0, 0.05) is 21.7 Å². The van der Waals surface area contributed by atoms with Gasteiger partial charge in [0.15, 0.2) is 9.84 Å². The highest BCUT2D eigenvalue weighted by Crippen LogP contribution is 2.27. The molecular weight excluding hydrogens is 373 g/mol. The number of rotatable bonds is 3. The molecule has 0 spiro atoms. The molecule has 0 radical (unpaired) electrons. The molecule has 1 saturated heterocycles. The Morgan fingerprint density at radius 2 is 1.92 bits per heavy atom. The molecule has 1 N–H and O–H groups in total. The zero-order chi connectivity index (χ0) is 17.5. The first-order valence-corrected chi connectivity index (χ1v) is 9.85. The predicted molar refractivity (Wildman–Crippen MR) is 93.7 cm³/mol. The molecule has 128 valence electrons. The molecule has 1 atom stereocenters. The van der Waals surface area contributed by atoms with Gasteiger partial charge in [-0.3, -0.25) is 4.79 Å². The third kappa shape index (κ3) is 3.74. The number of carbonyl (C=O) groups excluding carboxylic acids is 1. The lowest BCUT2D eigenvalue weighted by Crippen LogP contribution is -2.19. The first kappa shape index (κ1) is 17.3. The second kappa shape index (κ2) is 6.38. The lowest BCUT2D eigenvalue weighted by atomic mass is 10.2. The quantitative estimate of drug-likeness (QED) is 0.876. The Hall–Kier alpha value is -1.57. The van der Waals surface area contributed by atoms with Gasteiger partial charge < -0.3 is 5.32 Å². The van der Waals surface area contributed by atoms with Crippen molar-refractivity contribution in [3.05, 3.63) is 45.6 Å². The number of carbonyl (C=O) groups is 1. The maximum absolute atomic E-state index is 12.4. The molecule has 24 heavy (non-hydrogen) atoms. The lowest BCUT2D eigenvalue weighted by molar-refractivity contribution is 0.102. The summed E-state index contributed by atoms with van der Waals surface area (Å²) in [6, 6.07) is 5.99. The van der Waals surface area contributed by atoms with E-state index in [4.69, 9.17) is 23.2 Å². The molecule has 3 rings (SSSR count). The summed E-state index contributed by atoms with van der Waals surface area (Å²) in [5.74, 6) is 0.227. The zero-order valence-corrected chi connectivity index (χ0v) is 15.1. The summed E-state index contributed by atoms with van der Waals surface area (Å²) >= 11 is 11.8. The maximum Gasteiger partial charge on any atom is 0.256 e. The minimum absolute atomic E-state index is 0.0278. The van der Waals surface area contributed by atoms with E-state index in [2.05, 4.69) is 10.4 Å². The molecule has 1 fully saturated rings. The maximum atomic E-state index is 12.4. The number of aryl methyl sites for hydroxylation is 1. The molecule has 6 nitrogen and oxygen atoms in total. The van der Waals surface area contributed by atoms with Gasteiger partial charge in [-0.25, -0.2) is 13.1 Å². The summed E-state index contributed by atoms with van der Waals surface area (Å²) < 4.78 is 25.0. The van der Waals surface area contributed by atoms with Crippen LogP contribution in [-0.2, 0) is 9.84 Å². The van der Waals surface area contributed by atoms with Crippen LogP contribution in [0.15, 0.2) is 24.3 Å². The van der Waals surface area contributed by atoms with E-state index in [-0.39, 0.29) is 23.5 Å². The van der Waals surface area contributed by atoms with Crippen LogP contribution < -0.4 is 5.32 Å². The van der Waals surface area contributed by atoms with Crippen LogP contribution in [0.5, 0.6) is 0 Å². The monoisotopic (exact) mass is 387 g/mol. The van der Waals surface area contributed by atoms with Gasteiger partial charge in [-0.15, -0.1) is 0 Å². The van der Waals surface area contributed by atoms with Crippen molar-refractivity contribution < 1.29 is 13.2 Å². The smallest absolute Gasteiger partial charge is 0.256 e. The van der Waals surface area contributed by atoms with Crippen LogP contribution in [0.1, 0.15) is 28.5 Å². The van der Waals surface area contributed by atoms with Crippen molar-refractivity contribution in [2.75, 3.05) is 16.8 Å². The summed E-state index contributed by atoms with van der Waals surface area (Å²) in [4.78, 5) is 12.4. The van der Waals surface area contributed by atoms with Crippen LogP contribution in [0.4, 0.5) is 5.82 Å². The third-order valence-corrected chi connectivity index (χ3v) is 5.97. The molecule has 0 bridgehead atoms. The fourth-order valence-corrected chi connectivity index (χ4v) is 4.95. The second-order valence-electron chi connectivity index (χ2n) is 5.78. The fraction of sp³-hybridized carbons (Fsp3) is 0.333. The summed E-state index contributed by atoms with van der Waals surface area (Å²) in [6.07, 6.45) is 0.481. The van der Waals surface area contributed by atoms with E-state index >= 15 is 0 Å². The highest BCUT2D eigenvalue weighted by molar-refractivity contribution is 7.91. The van der Waals surface area contributed by atoms with E-state index in [9.17, 15) is 13.2 Å². The Balaban J connectivity index is 1.86. The highest BCUT2D eigenvalue weighted by Gasteiger charge is 2.31. The molecular formula is C15H15Cl2N3O3S. The van der Waals surface area contributed by atoms with Crippen LogP contribution in [0, 0.1) is 6.92 Å². The molecule has 1 aromatic carbocycles. The number of halogens is 2. The van der Waals surface area contributed by atoms with Gasteiger partial charge in [0.1, 0.15) is 5.82 Å². The van der Waals surface area contributed by atoms with E-state index in [1.165, 1.54) is 18.2 Å². The first-order chi connectivity index (χ1) is 11.2. The number of nitrogens with one attached hydrogen (secondary N) is 1. The third-order valence-electron chi connectivity index (χ3n) is 3.78. The van der Waals surface area contributed by atoms with Gasteiger partial charge >= 0.3 is 0 Å². The first-order valence-electron chi connectivity index (χ1n) is 7.27. The van der Waals surface area contributed by atoms with Crippen molar-refractivity contribution in [2.24, 2.45) is 0 Å². The molecule has 0 saturated carbocycles. The number of amides is 1. The van der Waals surface area contributed by atoms with Crippen molar-refractivity contribution in [2.45, 2.75) is 19.4 Å². The number of hydrogen-bond donors (Lipinski definition) is 1.